The zero-order valence-corrected chi connectivity index (χ0v) is 8.92. The maximum absolute atomic E-state index is 11.7. The summed E-state index contributed by atoms with van der Waals surface area (Å²) in [6.07, 6.45) is 5.93. The van der Waals surface area contributed by atoms with E-state index in [1.165, 1.54) is 19.3 Å². The number of hydrogen-bond acceptors (Lipinski definition) is 2. The Hall–Kier alpha value is -1.06. The zero-order chi connectivity index (χ0) is 10.7. The lowest BCUT2D eigenvalue weighted by Gasteiger charge is -2.27. The average molecular weight is 210 g/mol. The number of carbonyl (C=O) groups is 2. The Bertz CT molecular complexity index is 261. The van der Waals surface area contributed by atoms with E-state index in [-0.39, 0.29) is 17.9 Å². The highest BCUT2D eigenvalue weighted by atomic mass is 16.2. The summed E-state index contributed by atoms with van der Waals surface area (Å²) in [7, 11) is 0. The van der Waals surface area contributed by atoms with Crippen LogP contribution in [0.15, 0.2) is 0 Å². The molecule has 4 heteroatoms. The molecule has 0 aromatic rings. The molecular formula is C11H18N2O2. The van der Waals surface area contributed by atoms with Gasteiger partial charge in [0, 0.05) is 13.0 Å². The molecule has 2 aliphatic rings. The van der Waals surface area contributed by atoms with Crippen LogP contribution in [0.2, 0.25) is 0 Å². The Labute approximate surface area is 89.8 Å². The molecule has 2 amide bonds. The molecule has 0 spiro atoms. The third-order valence-corrected chi connectivity index (χ3v) is 3.34. The largest absolute Gasteiger partial charge is 0.354 e. The Morgan fingerprint density at radius 1 is 1.33 bits per heavy atom. The molecule has 0 radical (unpaired) electrons. The van der Waals surface area contributed by atoms with Gasteiger partial charge in [0.05, 0.1) is 0 Å². The summed E-state index contributed by atoms with van der Waals surface area (Å²) in [6, 6.07) is -0.286. The van der Waals surface area contributed by atoms with Crippen molar-refractivity contribution in [1.29, 1.82) is 0 Å². The van der Waals surface area contributed by atoms with Crippen molar-refractivity contribution < 1.29 is 9.59 Å². The van der Waals surface area contributed by atoms with Crippen molar-refractivity contribution in [2.75, 3.05) is 6.54 Å². The zero-order valence-electron chi connectivity index (χ0n) is 8.92. The number of piperidine rings is 1. The van der Waals surface area contributed by atoms with Gasteiger partial charge in [-0.15, -0.1) is 0 Å². The third kappa shape index (κ3) is 2.70. The monoisotopic (exact) mass is 210 g/mol. The highest BCUT2D eigenvalue weighted by Gasteiger charge is 2.25. The van der Waals surface area contributed by atoms with Gasteiger partial charge in [0.2, 0.25) is 11.8 Å². The van der Waals surface area contributed by atoms with Gasteiger partial charge in [-0.05, 0) is 31.6 Å². The normalized spacial score (nSPS) is 26.7. The molecule has 1 saturated carbocycles. The summed E-state index contributed by atoms with van der Waals surface area (Å²) in [5, 5.41) is 5.65. The molecule has 1 saturated heterocycles. The predicted molar refractivity (Wildman–Crippen MR) is 56.1 cm³/mol. The van der Waals surface area contributed by atoms with Gasteiger partial charge in [0.1, 0.15) is 6.04 Å². The Kier molecular flexibility index (Phi) is 3.23. The van der Waals surface area contributed by atoms with E-state index < -0.39 is 0 Å². The van der Waals surface area contributed by atoms with Crippen LogP contribution < -0.4 is 10.6 Å². The maximum Gasteiger partial charge on any atom is 0.242 e. The first kappa shape index (κ1) is 10.5. The summed E-state index contributed by atoms with van der Waals surface area (Å²) in [5.41, 5.74) is 0. The Balaban J connectivity index is 1.71. The molecule has 1 aliphatic carbocycles. The molecular weight excluding hydrogens is 192 g/mol. The van der Waals surface area contributed by atoms with E-state index in [9.17, 15) is 9.59 Å². The van der Waals surface area contributed by atoms with Gasteiger partial charge in [0.15, 0.2) is 0 Å². The first-order valence-electron chi connectivity index (χ1n) is 5.83. The van der Waals surface area contributed by atoms with Crippen molar-refractivity contribution in [2.24, 2.45) is 5.92 Å². The molecule has 1 atom stereocenters. The molecule has 84 valence electrons. The summed E-state index contributed by atoms with van der Waals surface area (Å²) in [6.45, 7) is 0.783. The number of amides is 2. The first-order valence-corrected chi connectivity index (χ1v) is 5.83. The van der Waals surface area contributed by atoms with E-state index in [0.29, 0.717) is 12.3 Å². The van der Waals surface area contributed by atoms with E-state index in [2.05, 4.69) is 10.6 Å². The lowest BCUT2D eigenvalue weighted by Crippen LogP contribution is -2.50. The minimum absolute atomic E-state index is 0.00467. The fourth-order valence-electron chi connectivity index (χ4n) is 2.07. The van der Waals surface area contributed by atoms with Crippen molar-refractivity contribution in [3.63, 3.8) is 0 Å². The predicted octanol–water partition coefficient (Wildman–Crippen LogP) is 0.571. The Morgan fingerprint density at radius 3 is 2.73 bits per heavy atom. The molecule has 2 N–H and O–H groups in total. The van der Waals surface area contributed by atoms with Crippen LogP contribution in [0, 0.1) is 5.92 Å². The van der Waals surface area contributed by atoms with Gasteiger partial charge in [-0.2, -0.15) is 0 Å². The lowest BCUT2D eigenvalue weighted by atomic mass is 9.85. The summed E-state index contributed by atoms with van der Waals surface area (Å²) < 4.78 is 0. The molecule has 0 aromatic carbocycles. The summed E-state index contributed by atoms with van der Waals surface area (Å²) in [5.74, 6) is 0.674. The van der Waals surface area contributed by atoms with Crippen LogP contribution in [0.3, 0.4) is 0 Å². The van der Waals surface area contributed by atoms with Gasteiger partial charge in [-0.25, -0.2) is 0 Å². The quantitative estimate of drug-likeness (QED) is 0.715. The maximum atomic E-state index is 11.7. The van der Waals surface area contributed by atoms with Gasteiger partial charge in [-0.3, -0.25) is 9.59 Å². The standard InChI is InChI=1S/C11H18N2O2/c14-10-6-2-5-9(13-10)11(15)12-7-8-3-1-4-8/h8-9H,1-7H2,(H,12,15)(H,13,14). The fraction of sp³-hybridized carbons (Fsp3) is 0.818. The van der Waals surface area contributed by atoms with Gasteiger partial charge >= 0.3 is 0 Å². The molecule has 2 fully saturated rings. The second-order valence-electron chi connectivity index (χ2n) is 4.55. The number of hydrogen-bond donors (Lipinski definition) is 2. The van der Waals surface area contributed by atoms with Gasteiger partial charge < -0.3 is 10.6 Å². The topological polar surface area (TPSA) is 58.2 Å². The van der Waals surface area contributed by atoms with Crippen molar-refractivity contribution in [3.8, 4) is 0 Å². The van der Waals surface area contributed by atoms with Crippen molar-refractivity contribution in [3.05, 3.63) is 0 Å². The van der Waals surface area contributed by atoms with Crippen LogP contribution >= 0.6 is 0 Å². The molecule has 1 heterocycles. The van der Waals surface area contributed by atoms with E-state index in [4.69, 9.17) is 0 Å². The van der Waals surface area contributed by atoms with Crippen molar-refractivity contribution in [1.82, 2.24) is 10.6 Å². The number of nitrogens with one attached hydrogen (secondary N) is 2. The third-order valence-electron chi connectivity index (χ3n) is 3.34. The summed E-state index contributed by atoms with van der Waals surface area (Å²) in [4.78, 5) is 22.8. The van der Waals surface area contributed by atoms with Crippen molar-refractivity contribution >= 4 is 11.8 Å². The van der Waals surface area contributed by atoms with Crippen molar-refractivity contribution in [2.45, 2.75) is 44.6 Å². The highest BCUT2D eigenvalue weighted by Crippen LogP contribution is 2.25. The molecule has 0 aromatic heterocycles. The minimum Gasteiger partial charge on any atom is -0.354 e. The molecule has 2 rings (SSSR count). The second kappa shape index (κ2) is 4.64. The smallest absolute Gasteiger partial charge is 0.242 e. The van der Waals surface area contributed by atoms with Crippen LogP contribution in [0.5, 0.6) is 0 Å². The van der Waals surface area contributed by atoms with Crippen LogP contribution in [-0.4, -0.2) is 24.4 Å². The molecule has 0 bridgehead atoms. The van der Waals surface area contributed by atoms with Crippen LogP contribution in [0.25, 0.3) is 0 Å². The highest BCUT2D eigenvalue weighted by molar-refractivity contribution is 5.88. The average Bonchev–Trinajstić information content (AvgIpc) is 2.15. The van der Waals surface area contributed by atoms with Crippen LogP contribution in [0.1, 0.15) is 38.5 Å². The summed E-state index contributed by atoms with van der Waals surface area (Å²) >= 11 is 0. The van der Waals surface area contributed by atoms with Gasteiger partial charge in [0.25, 0.3) is 0 Å². The number of carbonyl (C=O) groups excluding carboxylic acids is 2. The second-order valence-corrected chi connectivity index (χ2v) is 4.55. The van der Waals surface area contributed by atoms with Gasteiger partial charge in [-0.1, -0.05) is 6.42 Å². The SMILES string of the molecule is O=C1CCCC(C(=O)NCC2CCC2)N1. The molecule has 4 nitrogen and oxygen atoms in total. The fourth-order valence-corrected chi connectivity index (χ4v) is 2.07. The first-order chi connectivity index (χ1) is 7.25. The van der Waals surface area contributed by atoms with Crippen LogP contribution in [-0.2, 0) is 9.59 Å². The minimum atomic E-state index is -0.286. The molecule has 15 heavy (non-hydrogen) atoms. The number of rotatable bonds is 3. The lowest BCUT2D eigenvalue weighted by molar-refractivity contribution is -0.131. The Morgan fingerprint density at radius 2 is 2.13 bits per heavy atom. The van der Waals surface area contributed by atoms with E-state index >= 15 is 0 Å². The molecule has 1 aliphatic heterocycles. The van der Waals surface area contributed by atoms with E-state index in [1.807, 2.05) is 0 Å². The van der Waals surface area contributed by atoms with Crippen LogP contribution in [0.4, 0.5) is 0 Å². The van der Waals surface area contributed by atoms with E-state index in [1.54, 1.807) is 0 Å². The molecule has 1 unspecified atom stereocenters. The van der Waals surface area contributed by atoms with E-state index in [0.717, 1.165) is 19.4 Å².